The van der Waals surface area contributed by atoms with Crippen LogP contribution in [-0.4, -0.2) is 24.0 Å². The molecule has 4 rings (SSSR count). The number of benzene rings is 2. The summed E-state index contributed by atoms with van der Waals surface area (Å²) in [6.07, 6.45) is 4.11. The lowest BCUT2D eigenvalue weighted by atomic mass is 10.0. The number of nitrogens with one attached hydrogen (secondary N) is 1. The van der Waals surface area contributed by atoms with Crippen molar-refractivity contribution in [2.24, 2.45) is 5.92 Å². The average Bonchev–Trinajstić information content (AvgIpc) is 2.76. The number of carbonyl (C=O) groups is 1. The Labute approximate surface area is 171 Å². The van der Waals surface area contributed by atoms with Gasteiger partial charge in [-0.3, -0.25) is 4.79 Å². The second-order valence-corrected chi connectivity index (χ2v) is 7.49. The third-order valence-electron chi connectivity index (χ3n) is 5.08. The summed E-state index contributed by atoms with van der Waals surface area (Å²) in [5.41, 5.74) is 1.26. The molecule has 0 saturated carbocycles. The van der Waals surface area contributed by atoms with Gasteiger partial charge in [-0.15, -0.1) is 0 Å². The monoisotopic (exact) mass is 387 g/mol. The van der Waals surface area contributed by atoms with Crippen molar-refractivity contribution >= 4 is 17.4 Å². The summed E-state index contributed by atoms with van der Waals surface area (Å²) in [6, 6.07) is 20.7. The zero-order chi connectivity index (χ0) is 20.1. The van der Waals surface area contributed by atoms with Crippen LogP contribution in [0.15, 0.2) is 72.9 Å². The summed E-state index contributed by atoms with van der Waals surface area (Å²) < 4.78 is 5.77. The molecule has 1 fully saturated rings. The van der Waals surface area contributed by atoms with E-state index in [0.29, 0.717) is 17.2 Å². The van der Waals surface area contributed by atoms with E-state index >= 15 is 0 Å². The molecule has 1 aromatic heterocycles. The van der Waals surface area contributed by atoms with Crippen molar-refractivity contribution in [1.29, 1.82) is 0 Å². The van der Waals surface area contributed by atoms with Gasteiger partial charge in [0, 0.05) is 25.0 Å². The van der Waals surface area contributed by atoms with Crippen molar-refractivity contribution in [3.8, 4) is 11.5 Å². The second-order valence-electron chi connectivity index (χ2n) is 7.49. The number of piperidine rings is 1. The number of pyridine rings is 1. The molecule has 0 spiro atoms. The van der Waals surface area contributed by atoms with Crippen LogP contribution in [-0.2, 0) is 0 Å². The summed E-state index contributed by atoms with van der Waals surface area (Å²) in [6.45, 7) is 4.32. The minimum atomic E-state index is -0.173. The average molecular weight is 387 g/mol. The molecular weight excluding hydrogens is 362 g/mol. The highest BCUT2D eigenvalue weighted by molar-refractivity contribution is 6.04. The number of aromatic nitrogens is 1. The van der Waals surface area contributed by atoms with Crippen LogP contribution >= 0.6 is 0 Å². The van der Waals surface area contributed by atoms with Crippen LogP contribution in [0.5, 0.6) is 11.5 Å². The summed E-state index contributed by atoms with van der Waals surface area (Å²) in [4.78, 5) is 19.3. The van der Waals surface area contributed by atoms with Crippen LogP contribution in [0.2, 0.25) is 0 Å². The molecule has 148 valence electrons. The van der Waals surface area contributed by atoms with Crippen molar-refractivity contribution in [3.63, 3.8) is 0 Å². The third kappa shape index (κ3) is 4.93. The molecule has 1 N–H and O–H groups in total. The first kappa shape index (κ1) is 19.0. The highest BCUT2D eigenvalue weighted by Crippen LogP contribution is 2.24. The third-order valence-corrected chi connectivity index (χ3v) is 5.08. The lowest BCUT2D eigenvalue weighted by Crippen LogP contribution is -2.34. The Morgan fingerprint density at radius 1 is 1.03 bits per heavy atom. The fourth-order valence-electron chi connectivity index (χ4n) is 3.54. The molecule has 5 heteroatoms. The molecule has 2 heterocycles. The van der Waals surface area contributed by atoms with E-state index < -0.39 is 0 Å². The lowest BCUT2D eigenvalue weighted by Gasteiger charge is -2.31. The highest BCUT2D eigenvalue weighted by atomic mass is 16.5. The highest BCUT2D eigenvalue weighted by Gasteiger charge is 2.18. The van der Waals surface area contributed by atoms with Gasteiger partial charge in [0.25, 0.3) is 5.91 Å². The molecule has 0 aliphatic carbocycles. The second kappa shape index (κ2) is 8.78. The minimum absolute atomic E-state index is 0.173. The lowest BCUT2D eigenvalue weighted by molar-refractivity contribution is 0.102. The summed E-state index contributed by atoms with van der Waals surface area (Å²) in [5.74, 6) is 2.94. The molecular formula is C24H25N3O2. The van der Waals surface area contributed by atoms with Gasteiger partial charge in [-0.25, -0.2) is 4.98 Å². The molecule has 5 nitrogen and oxygen atoms in total. The molecule has 1 unspecified atom stereocenters. The normalized spacial score (nSPS) is 16.3. The maximum atomic E-state index is 12.5. The van der Waals surface area contributed by atoms with Crippen LogP contribution < -0.4 is 15.0 Å². The van der Waals surface area contributed by atoms with Gasteiger partial charge in [-0.05, 0) is 67.3 Å². The van der Waals surface area contributed by atoms with E-state index in [1.807, 2.05) is 66.7 Å². The standard InChI is InChI=1S/C24H25N3O2/c1-18-6-5-15-27(17-18)23-14-9-19(16-25-23)24(28)26-20-10-12-22(13-11-20)29-21-7-3-2-4-8-21/h2-4,7-14,16,18H,5-6,15,17H2,1H3,(H,26,28). The number of hydrogen-bond acceptors (Lipinski definition) is 4. The number of nitrogens with zero attached hydrogens (tertiary/aromatic N) is 2. The Hall–Kier alpha value is -3.34. The number of ether oxygens (including phenoxy) is 1. The van der Waals surface area contributed by atoms with E-state index in [4.69, 9.17) is 4.74 Å². The SMILES string of the molecule is CC1CCCN(c2ccc(C(=O)Nc3ccc(Oc4ccccc4)cc3)cn2)C1. The van der Waals surface area contributed by atoms with Gasteiger partial charge in [-0.1, -0.05) is 25.1 Å². The van der Waals surface area contributed by atoms with Crippen LogP contribution in [0.3, 0.4) is 0 Å². The minimum Gasteiger partial charge on any atom is -0.457 e. The molecule has 0 bridgehead atoms. The number of carbonyl (C=O) groups excluding carboxylic acids is 1. The van der Waals surface area contributed by atoms with E-state index in [0.717, 1.165) is 30.4 Å². The molecule has 1 saturated heterocycles. The van der Waals surface area contributed by atoms with Crippen molar-refractivity contribution < 1.29 is 9.53 Å². The molecule has 29 heavy (non-hydrogen) atoms. The van der Waals surface area contributed by atoms with Gasteiger partial charge < -0.3 is 15.0 Å². The molecule has 1 amide bonds. The van der Waals surface area contributed by atoms with Crippen molar-refractivity contribution in [2.75, 3.05) is 23.3 Å². The summed E-state index contributed by atoms with van der Waals surface area (Å²) in [7, 11) is 0. The van der Waals surface area contributed by atoms with Crippen LogP contribution in [0.4, 0.5) is 11.5 Å². The number of hydrogen-bond donors (Lipinski definition) is 1. The maximum Gasteiger partial charge on any atom is 0.257 e. The number of amides is 1. The molecule has 2 aromatic carbocycles. The van der Waals surface area contributed by atoms with E-state index in [1.165, 1.54) is 12.8 Å². The topological polar surface area (TPSA) is 54.5 Å². The van der Waals surface area contributed by atoms with E-state index in [2.05, 4.69) is 22.1 Å². The zero-order valence-electron chi connectivity index (χ0n) is 16.5. The molecule has 1 atom stereocenters. The number of rotatable bonds is 5. The summed E-state index contributed by atoms with van der Waals surface area (Å²) >= 11 is 0. The van der Waals surface area contributed by atoms with Gasteiger partial charge in [0.05, 0.1) is 5.56 Å². The molecule has 1 aliphatic heterocycles. The first-order valence-corrected chi connectivity index (χ1v) is 10.0. The Morgan fingerprint density at radius 2 is 1.79 bits per heavy atom. The fourth-order valence-corrected chi connectivity index (χ4v) is 3.54. The van der Waals surface area contributed by atoms with Crippen LogP contribution in [0.25, 0.3) is 0 Å². The molecule has 0 radical (unpaired) electrons. The Balaban J connectivity index is 1.36. The predicted molar refractivity (Wildman–Crippen MR) is 116 cm³/mol. The quantitative estimate of drug-likeness (QED) is 0.640. The first-order chi connectivity index (χ1) is 14.2. The Bertz CT molecular complexity index is 940. The van der Waals surface area contributed by atoms with E-state index in [1.54, 1.807) is 6.20 Å². The maximum absolute atomic E-state index is 12.5. The Morgan fingerprint density at radius 3 is 2.48 bits per heavy atom. The van der Waals surface area contributed by atoms with E-state index in [9.17, 15) is 4.79 Å². The van der Waals surface area contributed by atoms with Crippen molar-refractivity contribution in [3.05, 3.63) is 78.5 Å². The van der Waals surface area contributed by atoms with Gasteiger partial charge in [-0.2, -0.15) is 0 Å². The van der Waals surface area contributed by atoms with E-state index in [-0.39, 0.29) is 5.91 Å². The number of anilines is 2. The van der Waals surface area contributed by atoms with Gasteiger partial charge >= 0.3 is 0 Å². The Kier molecular flexibility index (Phi) is 5.75. The molecule has 3 aromatic rings. The fraction of sp³-hybridized carbons (Fsp3) is 0.250. The smallest absolute Gasteiger partial charge is 0.257 e. The van der Waals surface area contributed by atoms with Gasteiger partial charge in [0.15, 0.2) is 0 Å². The predicted octanol–water partition coefficient (Wildman–Crippen LogP) is 5.36. The number of para-hydroxylation sites is 1. The van der Waals surface area contributed by atoms with Crippen LogP contribution in [0.1, 0.15) is 30.1 Å². The molecule has 1 aliphatic rings. The zero-order valence-corrected chi connectivity index (χ0v) is 16.5. The largest absolute Gasteiger partial charge is 0.457 e. The van der Waals surface area contributed by atoms with Crippen molar-refractivity contribution in [2.45, 2.75) is 19.8 Å². The van der Waals surface area contributed by atoms with Crippen LogP contribution in [0, 0.1) is 5.92 Å². The summed E-state index contributed by atoms with van der Waals surface area (Å²) in [5, 5.41) is 2.91. The van der Waals surface area contributed by atoms with Gasteiger partial charge in [0.1, 0.15) is 17.3 Å². The van der Waals surface area contributed by atoms with Crippen molar-refractivity contribution in [1.82, 2.24) is 4.98 Å². The first-order valence-electron chi connectivity index (χ1n) is 10.0. The van der Waals surface area contributed by atoms with Gasteiger partial charge in [0.2, 0.25) is 0 Å².